The van der Waals surface area contributed by atoms with E-state index in [9.17, 15) is 91.9 Å². The van der Waals surface area contributed by atoms with Gasteiger partial charge in [-0.15, -0.1) is 0 Å². The highest BCUT2D eigenvalue weighted by Gasteiger charge is 2.65. The molecular weight excluding hydrogens is 1120 g/mol. The van der Waals surface area contributed by atoms with E-state index in [0.717, 1.165) is 32.1 Å². The maximum absolute atomic E-state index is 11.9. The summed E-state index contributed by atoms with van der Waals surface area (Å²) in [6.45, 7) is 4.85. The summed E-state index contributed by atoms with van der Waals surface area (Å²) in [6, 6.07) is 0. The smallest absolute Gasteiger partial charge is 0.187 e. The van der Waals surface area contributed by atoms with Crippen molar-refractivity contribution in [2.24, 2.45) is 52.3 Å². The van der Waals surface area contributed by atoms with Gasteiger partial charge in [-0.3, -0.25) is 0 Å². The van der Waals surface area contributed by atoms with Crippen LogP contribution in [0.2, 0.25) is 0 Å². The molecule has 5 aliphatic heterocycles. The van der Waals surface area contributed by atoms with Crippen molar-refractivity contribution >= 4 is 0 Å². The minimum absolute atomic E-state index is 0.0103. The fraction of sp³-hybridized carbons (Fsp3) is 1.00. The fourth-order valence-corrected chi connectivity index (χ4v) is 16.4. The second-order valence-electron chi connectivity index (χ2n) is 26.3. The van der Waals surface area contributed by atoms with Crippen LogP contribution in [0.1, 0.15) is 91.9 Å². The minimum Gasteiger partial charge on any atom is -0.396 e. The van der Waals surface area contributed by atoms with Gasteiger partial charge in [-0.1, -0.05) is 27.7 Å². The zero-order valence-electron chi connectivity index (χ0n) is 48.1. The van der Waals surface area contributed by atoms with Gasteiger partial charge in [-0.25, -0.2) is 0 Å². The van der Waals surface area contributed by atoms with Crippen LogP contribution < -0.4 is 0 Å². The van der Waals surface area contributed by atoms with Crippen LogP contribution in [0.25, 0.3) is 0 Å². The van der Waals surface area contributed by atoms with Gasteiger partial charge in [0.25, 0.3) is 0 Å². The lowest BCUT2D eigenvalue weighted by Crippen LogP contribution is -2.68. The molecule has 84 heavy (non-hydrogen) atoms. The largest absolute Gasteiger partial charge is 0.396 e. The van der Waals surface area contributed by atoms with Crippen LogP contribution in [0.15, 0.2) is 0 Å². The Morgan fingerprint density at radius 1 is 0.464 bits per heavy atom. The summed E-state index contributed by atoms with van der Waals surface area (Å²) in [4.78, 5) is 0. The Labute approximate surface area is 487 Å². The van der Waals surface area contributed by atoms with E-state index in [1.807, 2.05) is 13.8 Å². The van der Waals surface area contributed by atoms with Gasteiger partial charge >= 0.3 is 0 Å². The van der Waals surface area contributed by atoms with E-state index in [1.54, 1.807) is 0 Å². The average Bonchev–Trinajstić information content (AvgIpc) is 1.67. The van der Waals surface area contributed by atoms with Crippen LogP contribution in [0.5, 0.6) is 0 Å². The summed E-state index contributed by atoms with van der Waals surface area (Å²) in [5, 5.41) is 194. The van der Waals surface area contributed by atoms with Gasteiger partial charge in [0.05, 0.1) is 51.3 Å². The van der Waals surface area contributed by atoms with Crippen molar-refractivity contribution in [3.63, 3.8) is 0 Å². The minimum atomic E-state index is -2.07. The molecule has 9 rings (SSSR count). The number of fused-ring (bicyclic) bond motifs is 5. The first-order chi connectivity index (χ1) is 39.8. The standard InChI is InChI=1S/C56H96O28/c1-21(15-57)5-8-28(62)22(2)35-30(77-50-43(71)36(64)29(63)20-75-50)14-27-25-7-6-23-13-24(9-11-55(23,3)26(25)10-12-56(27,35)4)76-51-46(74)42(70)47(34(19-61)81-51)82-54-49(84-53-45(73)41(69)38(66)32(17-59)79-53)48(39(67)33(18-60)80-54)83-52-44(72)40(68)37(65)31(16-58)78-52/h21-54,57-74H,5-20H2,1-4H3. The predicted octanol–water partition coefficient (Wildman–Crippen LogP) is -5.86. The van der Waals surface area contributed by atoms with E-state index in [0.29, 0.717) is 38.0 Å². The highest BCUT2D eigenvalue weighted by atomic mass is 16.8. The highest BCUT2D eigenvalue weighted by molar-refractivity contribution is 5.13. The molecule has 0 radical (unpaired) electrons. The Hall–Kier alpha value is -1.12. The third-order valence-electron chi connectivity index (χ3n) is 21.4. The van der Waals surface area contributed by atoms with E-state index >= 15 is 0 Å². The molecule has 9 aliphatic rings. The quantitative estimate of drug-likeness (QED) is 0.0505. The molecule has 36 unspecified atom stereocenters. The maximum Gasteiger partial charge on any atom is 0.187 e. The van der Waals surface area contributed by atoms with E-state index in [4.69, 9.17) is 47.4 Å². The molecular formula is C56H96O28. The Morgan fingerprint density at radius 3 is 1.60 bits per heavy atom. The summed E-state index contributed by atoms with van der Waals surface area (Å²) in [7, 11) is 0. The lowest BCUT2D eigenvalue weighted by atomic mass is 9.44. The van der Waals surface area contributed by atoms with Gasteiger partial charge in [0.2, 0.25) is 0 Å². The first kappa shape index (κ1) is 67.3. The second kappa shape index (κ2) is 27.8. The summed E-state index contributed by atoms with van der Waals surface area (Å²) in [5.41, 5.74) is -0.410. The normalized spacial score (nSPS) is 52.9. The van der Waals surface area contributed by atoms with Gasteiger partial charge in [0, 0.05) is 6.61 Å². The number of hydrogen-bond donors (Lipinski definition) is 18. The number of rotatable bonds is 20. The van der Waals surface area contributed by atoms with Crippen molar-refractivity contribution in [3.8, 4) is 0 Å². The summed E-state index contributed by atoms with van der Waals surface area (Å²) < 4.78 is 60.5. The molecule has 5 saturated heterocycles. The van der Waals surface area contributed by atoms with Crippen LogP contribution in [0.4, 0.5) is 0 Å². The Balaban J connectivity index is 0.889. The van der Waals surface area contributed by atoms with Crippen molar-refractivity contribution < 1.29 is 139 Å². The van der Waals surface area contributed by atoms with Gasteiger partial charge in [-0.2, -0.15) is 0 Å². The number of aliphatic hydroxyl groups is 18. The topological polar surface area (TPSA) is 456 Å². The van der Waals surface area contributed by atoms with Crippen molar-refractivity contribution in [2.75, 3.05) is 39.6 Å². The van der Waals surface area contributed by atoms with E-state index in [2.05, 4.69) is 13.8 Å². The molecule has 28 nitrogen and oxygen atoms in total. The van der Waals surface area contributed by atoms with E-state index < -0.39 is 192 Å². The van der Waals surface area contributed by atoms with Crippen molar-refractivity contribution in [2.45, 2.75) is 258 Å². The molecule has 0 aromatic carbocycles. The molecule has 36 atom stereocenters. The van der Waals surface area contributed by atoms with Crippen LogP contribution in [-0.4, -0.2) is 297 Å². The summed E-state index contributed by atoms with van der Waals surface area (Å²) in [6.07, 6.45) is -36.6. The average molecular weight is 1220 g/mol. The van der Waals surface area contributed by atoms with Gasteiger partial charge in [0.15, 0.2) is 31.5 Å². The molecule has 0 aromatic rings. The predicted molar refractivity (Wildman–Crippen MR) is 280 cm³/mol. The first-order valence-corrected chi connectivity index (χ1v) is 30.3. The maximum atomic E-state index is 11.9. The number of aliphatic hydroxyl groups excluding tert-OH is 18. The molecule has 28 heteroatoms. The van der Waals surface area contributed by atoms with Crippen molar-refractivity contribution in [1.29, 1.82) is 0 Å². The Kier molecular flexibility index (Phi) is 22.2. The van der Waals surface area contributed by atoms with Gasteiger partial charge in [-0.05, 0) is 116 Å². The van der Waals surface area contributed by atoms with E-state index in [1.165, 1.54) is 0 Å². The Morgan fingerprint density at radius 2 is 0.988 bits per heavy atom. The SMILES string of the molecule is CC(CO)CCC(O)C(C)C1C(OC2OCC(O)C(O)C2O)CC2C3CCC4CC(OC5OC(CO)C(OC6OC(CO)C(O)C(OC7OC(CO)C(O)C(O)C7O)C6OC6OC(CO)C(O)C(O)C6O)C(O)C5O)CCC4(C)C3CCC21C. The third-order valence-corrected chi connectivity index (χ3v) is 21.4. The zero-order chi connectivity index (χ0) is 61.0. The lowest BCUT2D eigenvalue weighted by molar-refractivity contribution is -0.406. The molecule has 0 spiro atoms. The molecule has 488 valence electrons. The first-order valence-electron chi connectivity index (χ1n) is 30.3. The molecule has 5 heterocycles. The van der Waals surface area contributed by atoms with Crippen LogP contribution >= 0.6 is 0 Å². The van der Waals surface area contributed by atoms with Gasteiger partial charge in [0.1, 0.15) is 116 Å². The third kappa shape index (κ3) is 12.9. The molecule has 0 amide bonds. The monoisotopic (exact) mass is 1220 g/mol. The van der Waals surface area contributed by atoms with Crippen molar-refractivity contribution in [3.05, 3.63) is 0 Å². The number of ether oxygens (including phenoxy) is 10. The van der Waals surface area contributed by atoms with E-state index in [-0.39, 0.29) is 59.6 Å². The summed E-state index contributed by atoms with van der Waals surface area (Å²) in [5.74, 6) is 0.566. The molecule has 0 aromatic heterocycles. The Bertz CT molecular complexity index is 2070. The van der Waals surface area contributed by atoms with Crippen LogP contribution in [-0.2, 0) is 47.4 Å². The molecule has 4 aliphatic carbocycles. The molecule has 4 saturated carbocycles. The zero-order valence-corrected chi connectivity index (χ0v) is 48.1. The van der Waals surface area contributed by atoms with Crippen molar-refractivity contribution in [1.82, 2.24) is 0 Å². The fourth-order valence-electron chi connectivity index (χ4n) is 16.4. The van der Waals surface area contributed by atoms with Crippen LogP contribution in [0, 0.1) is 52.3 Å². The lowest BCUT2D eigenvalue weighted by Gasteiger charge is -2.61. The molecule has 18 N–H and O–H groups in total. The molecule has 0 bridgehead atoms. The highest BCUT2D eigenvalue weighted by Crippen LogP contribution is 2.69. The molecule has 9 fully saturated rings. The van der Waals surface area contributed by atoms with Gasteiger partial charge < -0.3 is 139 Å². The second-order valence-corrected chi connectivity index (χ2v) is 26.3. The van der Waals surface area contributed by atoms with Crippen LogP contribution in [0.3, 0.4) is 0 Å². The number of hydrogen-bond acceptors (Lipinski definition) is 28. The summed E-state index contributed by atoms with van der Waals surface area (Å²) >= 11 is 0.